The molecule has 0 unspecified atom stereocenters. The highest BCUT2D eigenvalue weighted by Crippen LogP contribution is 2.29. The van der Waals surface area contributed by atoms with Crippen LogP contribution in [0.1, 0.15) is 45.1 Å². The van der Waals surface area contributed by atoms with E-state index in [9.17, 15) is 4.79 Å². The van der Waals surface area contributed by atoms with E-state index in [1.807, 2.05) is 19.1 Å². The maximum atomic E-state index is 12.5. The van der Waals surface area contributed by atoms with Gasteiger partial charge in [-0.05, 0) is 56.7 Å². The molecule has 1 N–H and O–H groups in total. The van der Waals surface area contributed by atoms with Crippen molar-refractivity contribution in [3.63, 3.8) is 0 Å². The van der Waals surface area contributed by atoms with Gasteiger partial charge in [-0.3, -0.25) is 4.79 Å². The second-order valence-electron chi connectivity index (χ2n) is 6.78. The third-order valence-electron chi connectivity index (χ3n) is 5.27. The van der Waals surface area contributed by atoms with Crippen LogP contribution in [-0.4, -0.2) is 36.6 Å². The van der Waals surface area contributed by atoms with Crippen LogP contribution in [0.2, 0.25) is 0 Å². The van der Waals surface area contributed by atoms with Crippen LogP contribution < -0.4 is 5.32 Å². The molecule has 116 valence electrons. The van der Waals surface area contributed by atoms with Gasteiger partial charge in [-0.1, -0.05) is 19.1 Å². The molecule has 3 heteroatoms. The highest BCUT2D eigenvalue weighted by Gasteiger charge is 2.39. The monoisotopic (exact) mass is 289 g/mol. The Morgan fingerprint density at radius 1 is 1.24 bits per heavy atom. The summed E-state index contributed by atoms with van der Waals surface area (Å²) in [7, 11) is 4.39. The quantitative estimate of drug-likeness (QED) is 0.825. The lowest BCUT2D eigenvalue weighted by Gasteiger charge is -2.40. The fraction of sp³-hybridized carbons (Fsp3) is 0.611. The predicted octanol–water partition coefficient (Wildman–Crippen LogP) is 3.60. The second kappa shape index (κ2) is 6.61. The SMILES string of the molecule is CCc1ccc(NC(=O)[C@H](C)[N+](C)(C)C2CCCC2)cc1. The van der Waals surface area contributed by atoms with E-state index in [-0.39, 0.29) is 11.9 Å². The molecule has 1 amide bonds. The van der Waals surface area contributed by atoms with Gasteiger partial charge < -0.3 is 9.80 Å². The third-order valence-corrected chi connectivity index (χ3v) is 5.27. The van der Waals surface area contributed by atoms with Crippen molar-refractivity contribution in [1.82, 2.24) is 0 Å². The minimum absolute atomic E-state index is 0.0287. The number of benzene rings is 1. The van der Waals surface area contributed by atoms with Crippen LogP contribution in [0.4, 0.5) is 5.69 Å². The molecule has 1 fully saturated rings. The van der Waals surface area contributed by atoms with Crippen LogP contribution >= 0.6 is 0 Å². The lowest BCUT2D eigenvalue weighted by Crippen LogP contribution is -2.57. The van der Waals surface area contributed by atoms with Crippen LogP contribution in [0.3, 0.4) is 0 Å². The van der Waals surface area contributed by atoms with E-state index in [0.29, 0.717) is 6.04 Å². The van der Waals surface area contributed by atoms with E-state index < -0.39 is 0 Å². The van der Waals surface area contributed by atoms with Crippen molar-refractivity contribution < 1.29 is 9.28 Å². The smallest absolute Gasteiger partial charge is 0.282 e. The van der Waals surface area contributed by atoms with Gasteiger partial charge in [0.15, 0.2) is 6.04 Å². The number of nitrogens with zero attached hydrogens (tertiary/aromatic N) is 1. The van der Waals surface area contributed by atoms with Gasteiger partial charge in [0.2, 0.25) is 0 Å². The first-order valence-electron chi connectivity index (χ1n) is 8.18. The minimum atomic E-state index is -0.0287. The van der Waals surface area contributed by atoms with Crippen LogP contribution in [0, 0.1) is 0 Å². The Morgan fingerprint density at radius 2 is 1.81 bits per heavy atom. The number of hydrogen-bond donors (Lipinski definition) is 1. The van der Waals surface area contributed by atoms with Crippen molar-refractivity contribution in [3.05, 3.63) is 29.8 Å². The summed E-state index contributed by atoms with van der Waals surface area (Å²) in [5, 5.41) is 3.07. The number of anilines is 1. The van der Waals surface area contributed by atoms with Crippen molar-refractivity contribution >= 4 is 11.6 Å². The molecule has 1 saturated carbocycles. The molecule has 0 bridgehead atoms. The van der Waals surface area contributed by atoms with Gasteiger partial charge in [-0.15, -0.1) is 0 Å². The Bertz CT molecular complexity index is 472. The number of nitrogens with one attached hydrogen (secondary N) is 1. The summed E-state index contributed by atoms with van der Waals surface area (Å²) in [6, 6.07) is 8.75. The summed E-state index contributed by atoms with van der Waals surface area (Å²) in [5.41, 5.74) is 2.19. The Morgan fingerprint density at radius 3 is 2.33 bits per heavy atom. The van der Waals surface area contributed by atoms with E-state index in [0.717, 1.165) is 16.6 Å². The fourth-order valence-corrected chi connectivity index (χ4v) is 3.26. The van der Waals surface area contributed by atoms with Crippen molar-refractivity contribution in [2.24, 2.45) is 0 Å². The van der Waals surface area contributed by atoms with Crippen LogP contribution in [-0.2, 0) is 11.2 Å². The molecule has 1 aromatic rings. The number of carbonyl (C=O) groups excluding carboxylic acids is 1. The Labute approximate surface area is 128 Å². The van der Waals surface area contributed by atoms with E-state index >= 15 is 0 Å². The summed E-state index contributed by atoms with van der Waals surface area (Å²) < 4.78 is 0.791. The summed E-state index contributed by atoms with van der Waals surface area (Å²) >= 11 is 0. The number of amides is 1. The van der Waals surface area contributed by atoms with Crippen molar-refractivity contribution in [3.8, 4) is 0 Å². The molecule has 0 aliphatic heterocycles. The molecule has 1 aromatic carbocycles. The maximum absolute atomic E-state index is 12.5. The summed E-state index contributed by atoms with van der Waals surface area (Å²) in [5.74, 6) is 0.121. The number of aryl methyl sites for hydroxylation is 1. The molecule has 2 rings (SSSR count). The van der Waals surface area contributed by atoms with Gasteiger partial charge in [0, 0.05) is 5.69 Å². The number of likely N-dealkylation sites (N-methyl/N-ethyl adjacent to an activating group) is 1. The van der Waals surface area contributed by atoms with Crippen LogP contribution in [0.5, 0.6) is 0 Å². The number of quaternary nitrogens is 1. The van der Waals surface area contributed by atoms with Gasteiger partial charge >= 0.3 is 0 Å². The fourth-order valence-electron chi connectivity index (χ4n) is 3.26. The zero-order valence-corrected chi connectivity index (χ0v) is 13.9. The molecule has 3 nitrogen and oxygen atoms in total. The molecule has 0 spiro atoms. The number of carbonyl (C=O) groups is 1. The zero-order valence-electron chi connectivity index (χ0n) is 13.9. The molecule has 0 radical (unpaired) electrons. The second-order valence-corrected chi connectivity index (χ2v) is 6.78. The third kappa shape index (κ3) is 3.65. The highest BCUT2D eigenvalue weighted by atomic mass is 16.2. The average molecular weight is 289 g/mol. The molecule has 21 heavy (non-hydrogen) atoms. The van der Waals surface area contributed by atoms with E-state index in [2.05, 4.69) is 38.5 Å². The number of hydrogen-bond acceptors (Lipinski definition) is 1. The van der Waals surface area contributed by atoms with Crippen molar-refractivity contribution in [2.75, 3.05) is 19.4 Å². The van der Waals surface area contributed by atoms with Crippen LogP contribution in [0.15, 0.2) is 24.3 Å². The first kappa shape index (κ1) is 16.0. The Balaban J connectivity index is 2.00. The van der Waals surface area contributed by atoms with Gasteiger partial charge in [0.05, 0.1) is 20.1 Å². The first-order chi connectivity index (χ1) is 9.95. The van der Waals surface area contributed by atoms with Gasteiger partial charge in [0.1, 0.15) is 0 Å². The van der Waals surface area contributed by atoms with Gasteiger partial charge in [-0.25, -0.2) is 0 Å². The minimum Gasteiger partial charge on any atom is -0.321 e. The van der Waals surface area contributed by atoms with Crippen molar-refractivity contribution in [1.29, 1.82) is 0 Å². The Hall–Kier alpha value is -1.35. The average Bonchev–Trinajstić information content (AvgIpc) is 3.02. The molecule has 1 aliphatic carbocycles. The molecule has 0 saturated heterocycles. The topological polar surface area (TPSA) is 29.1 Å². The number of rotatable bonds is 5. The molecular formula is C18H29N2O+. The lowest BCUT2D eigenvalue weighted by atomic mass is 10.1. The van der Waals surface area contributed by atoms with E-state index in [1.165, 1.54) is 31.2 Å². The molecular weight excluding hydrogens is 260 g/mol. The molecule has 1 atom stereocenters. The normalized spacial score (nSPS) is 17.7. The van der Waals surface area contributed by atoms with Gasteiger partial charge in [0.25, 0.3) is 5.91 Å². The maximum Gasteiger partial charge on any atom is 0.282 e. The van der Waals surface area contributed by atoms with Crippen molar-refractivity contribution in [2.45, 2.75) is 58.0 Å². The summed E-state index contributed by atoms with van der Waals surface area (Å²) in [6.07, 6.45) is 6.13. The molecule has 0 heterocycles. The summed E-state index contributed by atoms with van der Waals surface area (Å²) in [4.78, 5) is 12.5. The molecule has 0 aromatic heterocycles. The highest BCUT2D eigenvalue weighted by molar-refractivity contribution is 5.93. The zero-order chi connectivity index (χ0) is 15.5. The van der Waals surface area contributed by atoms with Gasteiger partial charge in [-0.2, -0.15) is 0 Å². The Kier molecular flexibility index (Phi) is 5.04. The largest absolute Gasteiger partial charge is 0.321 e. The van der Waals surface area contributed by atoms with E-state index in [1.54, 1.807) is 0 Å². The predicted molar refractivity (Wildman–Crippen MR) is 88.3 cm³/mol. The molecule has 1 aliphatic rings. The lowest BCUT2D eigenvalue weighted by molar-refractivity contribution is -0.927. The first-order valence-corrected chi connectivity index (χ1v) is 8.18. The standard InChI is InChI=1S/C18H28N2O/c1-5-15-10-12-16(13-11-15)19-18(21)14(2)20(3,4)17-8-6-7-9-17/h10-14,17H,5-9H2,1-4H3/p+1/t14-/m0/s1. The van der Waals surface area contributed by atoms with E-state index in [4.69, 9.17) is 0 Å². The summed E-state index contributed by atoms with van der Waals surface area (Å²) in [6.45, 7) is 4.19. The van der Waals surface area contributed by atoms with Crippen LogP contribution in [0.25, 0.3) is 0 Å².